The van der Waals surface area contributed by atoms with Crippen LogP contribution in [0.5, 0.6) is 5.75 Å². The Morgan fingerprint density at radius 3 is 2.48 bits per heavy atom. The van der Waals surface area contributed by atoms with E-state index in [1.165, 1.54) is 12.1 Å². The summed E-state index contributed by atoms with van der Waals surface area (Å²) in [5.41, 5.74) is 2.49. The molecule has 122 valence electrons. The monoisotopic (exact) mass is 353 g/mol. The van der Waals surface area contributed by atoms with E-state index in [2.05, 4.69) is 5.32 Å². The number of carbonyl (C=O) groups is 1. The van der Waals surface area contributed by atoms with Crippen molar-refractivity contribution in [3.63, 3.8) is 0 Å². The second kappa shape index (κ2) is 7.57. The third-order valence-electron chi connectivity index (χ3n) is 3.34. The lowest BCUT2D eigenvalue weighted by Gasteiger charge is -2.15. The van der Waals surface area contributed by atoms with Gasteiger partial charge in [0.25, 0.3) is 0 Å². The molecule has 0 saturated carbocycles. The largest absolute Gasteiger partial charge is 0.491 e. The van der Waals surface area contributed by atoms with Crippen LogP contribution < -0.4 is 10.1 Å². The fraction of sp³-hybridized carbons (Fsp3) is 0.235. The molecule has 0 aliphatic carbocycles. The number of anilines is 1. The van der Waals surface area contributed by atoms with Gasteiger partial charge in [-0.15, -0.1) is 0 Å². The summed E-state index contributed by atoms with van der Waals surface area (Å²) in [4.78, 5) is 11.3. The molecule has 0 bridgehead atoms. The van der Waals surface area contributed by atoms with E-state index in [4.69, 9.17) is 27.9 Å². The molecule has 0 radical (unpaired) electrons. The van der Waals surface area contributed by atoms with Crippen molar-refractivity contribution in [2.75, 3.05) is 18.5 Å². The van der Waals surface area contributed by atoms with Gasteiger partial charge < -0.3 is 15.2 Å². The van der Waals surface area contributed by atoms with Crippen LogP contribution in [0.2, 0.25) is 10.0 Å². The smallest absolute Gasteiger partial charge is 0.337 e. The Balaban J connectivity index is 2.04. The number of para-hydroxylation sites is 1. The van der Waals surface area contributed by atoms with Gasteiger partial charge in [0, 0.05) is 11.6 Å². The molecule has 0 aromatic heterocycles. The third-order valence-corrected chi connectivity index (χ3v) is 3.86. The second-order valence-electron chi connectivity index (χ2n) is 5.11. The van der Waals surface area contributed by atoms with Crippen LogP contribution in [0.1, 0.15) is 21.5 Å². The van der Waals surface area contributed by atoms with Crippen molar-refractivity contribution in [3.8, 4) is 5.75 Å². The molecule has 0 spiro atoms. The Bertz CT molecular complexity index is 712. The standard InChI is InChI=1S/C17H17Cl2NO3/c1-10-4-3-5-11(2)16(10)23-7-6-20-15-13(17(21)22)8-12(18)9-14(15)19/h3-5,8-9,20H,6-7H2,1-2H3,(H,21,22). The van der Waals surface area contributed by atoms with Gasteiger partial charge in [-0.2, -0.15) is 0 Å². The van der Waals surface area contributed by atoms with E-state index < -0.39 is 5.97 Å². The Morgan fingerprint density at radius 1 is 1.22 bits per heavy atom. The molecule has 2 N–H and O–H groups in total. The predicted molar refractivity (Wildman–Crippen MR) is 93.3 cm³/mol. The van der Waals surface area contributed by atoms with Gasteiger partial charge >= 0.3 is 5.97 Å². The first kappa shape index (κ1) is 17.4. The summed E-state index contributed by atoms with van der Waals surface area (Å²) >= 11 is 11.9. The van der Waals surface area contributed by atoms with Crippen LogP contribution in [0.4, 0.5) is 5.69 Å². The molecule has 0 aliphatic rings. The molecule has 0 amide bonds. The number of hydrogen-bond acceptors (Lipinski definition) is 3. The fourth-order valence-corrected chi connectivity index (χ4v) is 2.84. The van der Waals surface area contributed by atoms with Crippen LogP contribution in [-0.2, 0) is 0 Å². The molecule has 0 saturated heterocycles. The molecule has 0 atom stereocenters. The topological polar surface area (TPSA) is 58.6 Å². The molecular weight excluding hydrogens is 337 g/mol. The van der Waals surface area contributed by atoms with Crippen molar-refractivity contribution in [1.29, 1.82) is 0 Å². The molecule has 4 nitrogen and oxygen atoms in total. The number of aromatic carboxylic acids is 1. The summed E-state index contributed by atoms with van der Waals surface area (Å²) in [5, 5.41) is 12.8. The van der Waals surface area contributed by atoms with E-state index in [0.717, 1.165) is 16.9 Å². The summed E-state index contributed by atoms with van der Waals surface area (Å²) in [6.07, 6.45) is 0. The number of carboxylic acid groups (broad SMARTS) is 1. The molecule has 2 aromatic rings. The van der Waals surface area contributed by atoms with E-state index in [0.29, 0.717) is 18.8 Å². The van der Waals surface area contributed by atoms with Crippen molar-refractivity contribution in [2.45, 2.75) is 13.8 Å². The van der Waals surface area contributed by atoms with Crippen molar-refractivity contribution in [3.05, 3.63) is 57.1 Å². The maximum Gasteiger partial charge on any atom is 0.337 e. The van der Waals surface area contributed by atoms with Gasteiger partial charge in [0.15, 0.2) is 0 Å². The lowest BCUT2D eigenvalue weighted by atomic mass is 10.1. The van der Waals surface area contributed by atoms with E-state index >= 15 is 0 Å². The molecule has 0 aliphatic heterocycles. The quantitative estimate of drug-likeness (QED) is 0.732. The highest BCUT2D eigenvalue weighted by Gasteiger charge is 2.15. The zero-order chi connectivity index (χ0) is 17.0. The highest BCUT2D eigenvalue weighted by molar-refractivity contribution is 6.37. The van der Waals surface area contributed by atoms with Crippen LogP contribution in [0.25, 0.3) is 0 Å². The lowest BCUT2D eigenvalue weighted by molar-refractivity contribution is 0.0698. The Morgan fingerprint density at radius 2 is 1.87 bits per heavy atom. The molecule has 2 aromatic carbocycles. The average molecular weight is 354 g/mol. The molecule has 23 heavy (non-hydrogen) atoms. The molecular formula is C17H17Cl2NO3. The number of benzene rings is 2. The summed E-state index contributed by atoms with van der Waals surface area (Å²) in [6, 6.07) is 8.81. The number of aryl methyl sites for hydroxylation is 2. The first-order chi connectivity index (χ1) is 10.9. The van der Waals surface area contributed by atoms with Crippen LogP contribution in [0.3, 0.4) is 0 Å². The zero-order valence-electron chi connectivity index (χ0n) is 12.8. The molecule has 0 heterocycles. The second-order valence-corrected chi connectivity index (χ2v) is 5.96. The summed E-state index contributed by atoms with van der Waals surface area (Å²) in [5.74, 6) is -0.248. The first-order valence-corrected chi connectivity index (χ1v) is 7.81. The van der Waals surface area contributed by atoms with Crippen molar-refractivity contribution >= 4 is 34.9 Å². The van der Waals surface area contributed by atoms with E-state index in [1.54, 1.807) is 0 Å². The number of hydrogen-bond donors (Lipinski definition) is 2. The van der Waals surface area contributed by atoms with E-state index in [-0.39, 0.29) is 15.6 Å². The first-order valence-electron chi connectivity index (χ1n) is 7.05. The maximum atomic E-state index is 11.3. The highest BCUT2D eigenvalue weighted by Crippen LogP contribution is 2.30. The lowest BCUT2D eigenvalue weighted by Crippen LogP contribution is -2.15. The van der Waals surface area contributed by atoms with Crippen molar-refractivity contribution in [1.82, 2.24) is 0 Å². The summed E-state index contributed by atoms with van der Waals surface area (Å²) < 4.78 is 5.77. The number of halogens is 2. The molecule has 0 unspecified atom stereocenters. The third kappa shape index (κ3) is 4.30. The minimum Gasteiger partial charge on any atom is -0.491 e. The van der Waals surface area contributed by atoms with Crippen molar-refractivity contribution < 1.29 is 14.6 Å². The Labute approximate surface area is 145 Å². The summed E-state index contributed by atoms with van der Waals surface area (Å²) in [6.45, 7) is 4.75. The average Bonchev–Trinajstić information content (AvgIpc) is 2.47. The molecule has 6 heteroatoms. The van der Waals surface area contributed by atoms with Crippen LogP contribution in [0, 0.1) is 13.8 Å². The number of nitrogens with one attached hydrogen (secondary N) is 1. The number of ether oxygens (including phenoxy) is 1. The van der Waals surface area contributed by atoms with Gasteiger partial charge in [0.1, 0.15) is 12.4 Å². The molecule has 2 rings (SSSR count). The number of carboxylic acids is 1. The van der Waals surface area contributed by atoms with Crippen LogP contribution in [-0.4, -0.2) is 24.2 Å². The maximum absolute atomic E-state index is 11.3. The minimum atomic E-state index is -1.09. The zero-order valence-corrected chi connectivity index (χ0v) is 14.3. The minimum absolute atomic E-state index is 0.0366. The van der Waals surface area contributed by atoms with Gasteiger partial charge in [-0.3, -0.25) is 0 Å². The van der Waals surface area contributed by atoms with Crippen LogP contribution >= 0.6 is 23.2 Å². The fourth-order valence-electron chi connectivity index (χ4n) is 2.28. The van der Waals surface area contributed by atoms with Gasteiger partial charge in [0.05, 0.1) is 16.3 Å². The Kier molecular flexibility index (Phi) is 5.74. The van der Waals surface area contributed by atoms with E-state index in [9.17, 15) is 9.90 Å². The Hall–Kier alpha value is -1.91. The van der Waals surface area contributed by atoms with Gasteiger partial charge in [-0.25, -0.2) is 4.79 Å². The van der Waals surface area contributed by atoms with E-state index in [1.807, 2.05) is 32.0 Å². The normalized spacial score (nSPS) is 10.4. The predicted octanol–water partition coefficient (Wildman–Crippen LogP) is 4.80. The van der Waals surface area contributed by atoms with Gasteiger partial charge in [0.2, 0.25) is 0 Å². The van der Waals surface area contributed by atoms with Crippen molar-refractivity contribution in [2.24, 2.45) is 0 Å². The summed E-state index contributed by atoms with van der Waals surface area (Å²) in [7, 11) is 0. The number of rotatable bonds is 6. The van der Waals surface area contributed by atoms with Gasteiger partial charge in [-0.05, 0) is 37.1 Å². The highest BCUT2D eigenvalue weighted by atomic mass is 35.5. The van der Waals surface area contributed by atoms with Gasteiger partial charge in [-0.1, -0.05) is 41.4 Å². The van der Waals surface area contributed by atoms with Crippen LogP contribution in [0.15, 0.2) is 30.3 Å². The molecule has 0 fully saturated rings. The SMILES string of the molecule is Cc1cccc(C)c1OCCNc1c(Cl)cc(Cl)cc1C(=O)O.